The Morgan fingerprint density at radius 2 is 1.88 bits per heavy atom. The molecule has 2 aliphatic rings. The summed E-state index contributed by atoms with van der Waals surface area (Å²) in [6, 6.07) is 5.31. The third kappa shape index (κ3) is 4.14. The van der Waals surface area contributed by atoms with Crippen LogP contribution in [0.15, 0.2) is 18.2 Å². The average Bonchev–Trinajstić information content (AvgIpc) is 2.64. The molecule has 2 fully saturated rings. The van der Waals surface area contributed by atoms with Crippen molar-refractivity contribution in [2.45, 2.75) is 44.6 Å². The zero-order valence-corrected chi connectivity index (χ0v) is 16.3. The van der Waals surface area contributed by atoms with E-state index in [9.17, 15) is 9.59 Å². The summed E-state index contributed by atoms with van der Waals surface area (Å²) < 4.78 is 6.13. The Morgan fingerprint density at radius 1 is 1.23 bits per heavy atom. The molecule has 0 bridgehead atoms. The maximum atomic E-state index is 12.1. The third-order valence-corrected chi connectivity index (χ3v) is 6.19. The first-order valence-electron chi connectivity index (χ1n) is 9.30. The minimum Gasteiger partial charge on any atom is -0.490 e. The molecule has 1 aromatic rings. The zero-order valence-electron chi connectivity index (χ0n) is 15.5. The van der Waals surface area contributed by atoms with Gasteiger partial charge in [0.25, 0.3) is 5.91 Å². The second kappa shape index (κ2) is 7.87. The van der Waals surface area contributed by atoms with E-state index in [0.29, 0.717) is 16.0 Å². The number of carbonyl (C=O) groups is 2. The van der Waals surface area contributed by atoms with E-state index in [-0.39, 0.29) is 12.0 Å². The Hall–Kier alpha value is -1.75. The molecule has 1 saturated carbocycles. The number of nitrogens with zero attached hydrogens (tertiary/aromatic N) is 2. The molecule has 1 spiro atoms. The summed E-state index contributed by atoms with van der Waals surface area (Å²) in [7, 11) is 3.42. The first-order valence-corrected chi connectivity index (χ1v) is 9.67. The van der Waals surface area contributed by atoms with Gasteiger partial charge in [0, 0.05) is 27.2 Å². The van der Waals surface area contributed by atoms with E-state index in [1.165, 1.54) is 4.90 Å². The molecular weight excluding hydrogens is 352 g/mol. The number of likely N-dealkylation sites (tertiary alicyclic amines) is 1. The standard InChI is InChI=1S/C20H27ClN2O3/c1-22(2)19(25)17-4-3-16(13-18(17)21)26-15-5-7-20(8-6-15)9-11-23(14-24)12-10-20/h3-4,13-15H,5-12H2,1-2H3. The Labute approximate surface area is 160 Å². The van der Waals surface area contributed by atoms with E-state index in [1.807, 2.05) is 11.0 Å². The Morgan fingerprint density at radius 3 is 2.42 bits per heavy atom. The minimum atomic E-state index is -0.108. The third-order valence-electron chi connectivity index (χ3n) is 5.88. The highest BCUT2D eigenvalue weighted by atomic mass is 35.5. The lowest BCUT2D eigenvalue weighted by molar-refractivity contribution is -0.120. The van der Waals surface area contributed by atoms with Crippen molar-refractivity contribution in [3.05, 3.63) is 28.8 Å². The molecule has 1 heterocycles. The lowest BCUT2D eigenvalue weighted by atomic mass is 9.67. The molecule has 1 aromatic carbocycles. The highest BCUT2D eigenvalue weighted by Crippen LogP contribution is 2.45. The SMILES string of the molecule is CN(C)C(=O)c1ccc(OC2CCC3(CC2)CCN(C=O)CC3)cc1Cl. The molecule has 5 nitrogen and oxygen atoms in total. The predicted octanol–water partition coefficient (Wildman–Crippen LogP) is 3.60. The van der Waals surface area contributed by atoms with E-state index >= 15 is 0 Å². The molecule has 142 valence electrons. The average molecular weight is 379 g/mol. The van der Waals surface area contributed by atoms with Gasteiger partial charge in [-0.25, -0.2) is 0 Å². The minimum absolute atomic E-state index is 0.108. The summed E-state index contributed by atoms with van der Waals surface area (Å²) >= 11 is 6.27. The molecule has 6 heteroatoms. The highest BCUT2D eigenvalue weighted by Gasteiger charge is 2.38. The van der Waals surface area contributed by atoms with Gasteiger partial charge in [0.2, 0.25) is 6.41 Å². The Balaban J connectivity index is 1.56. The van der Waals surface area contributed by atoms with Gasteiger partial charge in [0.15, 0.2) is 0 Å². The fraction of sp³-hybridized carbons (Fsp3) is 0.600. The van der Waals surface area contributed by atoms with Crippen molar-refractivity contribution in [3.8, 4) is 5.75 Å². The molecule has 26 heavy (non-hydrogen) atoms. The van der Waals surface area contributed by atoms with Gasteiger partial charge in [0.1, 0.15) is 5.75 Å². The van der Waals surface area contributed by atoms with Gasteiger partial charge in [-0.05, 0) is 62.1 Å². The molecule has 3 rings (SSSR count). The summed E-state index contributed by atoms with van der Waals surface area (Å²) in [6.45, 7) is 1.76. The number of hydrogen-bond acceptors (Lipinski definition) is 3. The van der Waals surface area contributed by atoms with Crippen LogP contribution >= 0.6 is 11.6 Å². The van der Waals surface area contributed by atoms with Crippen LogP contribution in [0.4, 0.5) is 0 Å². The lowest BCUT2D eigenvalue weighted by Gasteiger charge is -2.45. The molecule has 1 aliphatic heterocycles. The highest BCUT2D eigenvalue weighted by molar-refractivity contribution is 6.34. The van der Waals surface area contributed by atoms with Gasteiger partial charge in [-0.15, -0.1) is 0 Å². The Kier molecular flexibility index (Phi) is 5.76. The quantitative estimate of drug-likeness (QED) is 0.752. The fourth-order valence-corrected chi connectivity index (χ4v) is 4.35. The molecule has 1 aliphatic carbocycles. The molecule has 0 aromatic heterocycles. The normalized spacial score (nSPS) is 20.0. The van der Waals surface area contributed by atoms with Gasteiger partial charge in [-0.2, -0.15) is 0 Å². The van der Waals surface area contributed by atoms with Crippen molar-refractivity contribution >= 4 is 23.9 Å². The molecule has 1 saturated heterocycles. The van der Waals surface area contributed by atoms with Crippen LogP contribution < -0.4 is 4.74 Å². The van der Waals surface area contributed by atoms with Crippen LogP contribution in [0.2, 0.25) is 5.02 Å². The number of ether oxygens (including phenoxy) is 1. The number of benzene rings is 1. The number of amides is 2. The van der Waals surface area contributed by atoms with Crippen LogP contribution in [0.3, 0.4) is 0 Å². The summed E-state index contributed by atoms with van der Waals surface area (Å²) in [5, 5.41) is 0.426. The van der Waals surface area contributed by atoms with Crippen molar-refractivity contribution < 1.29 is 14.3 Å². The lowest BCUT2D eigenvalue weighted by Crippen LogP contribution is -2.42. The summed E-state index contributed by atoms with van der Waals surface area (Å²) in [5.74, 6) is 0.616. The van der Waals surface area contributed by atoms with Crippen molar-refractivity contribution in [2.24, 2.45) is 5.41 Å². The number of halogens is 1. The van der Waals surface area contributed by atoms with Crippen molar-refractivity contribution in [1.82, 2.24) is 9.80 Å². The topological polar surface area (TPSA) is 49.9 Å². The van der Waals surface area contributed by atoms with Crippen molar-refractivity contribution in [3.63, 3.8) is 0 Å². The molecule has 0 unspecified atom stereocenters. The van der Waals surface area contributed by atoms with Crippen LogP contribution in [-0.2, 0) is 4.79 Å². The smallest absolute Gasteiger partial charge is 0.254 e. The van der Waals surface area contributed by atoms with Crippen LogP contribution in [-0.4, -0.2) is 55.4 Å². The predicted molar refractivity (Wildman–Crippen MR) is 102 cm³/mol. The second-order valence-electron chi connectivity index (χ2n) is 7.80. The molecular formula is C20H27ClN2O3. The van der Waals surface area contributed by atoms with Gasteiger partial charge in [-0.3, -0.25) is 9.59 Å². The van der Waals surface area contributed by atoms with Gasteiger partial charge >= 0.3 is 0 Å². The van der Waals surface area contributed by atoms with E-state index < -0.39 is 0 Å². The van der Waals surface area contributed by atoms with Crippen LogP contribution in [0.5, 0.6) is 5.75 Å². The molecule has 0 N–H and O–H groups in total. The summed E-state index contributed by atoms with van der Waals surface area (Å²) in [4.78, 5) is 26.3. The van der Waals surface area contributed by atoms with Crippen molar-refractivity contribution in [1.29, 1.82) is 0 Å². The van der Waals surface area contributed by atoms with E-state index in [1.54, 1.807) is 26.2 Å². The van der Waals surface area contributed by atoms with E-state index in [2.05, 4.69) is 0 Å². The van der Waals surface area contributed by atoms with Gasteiger partial charge in [0.05, 0.1) is 16.7 Å². The number of rotatable bonds is 4. The van der Waals surface area contributed by atoms with Gasteiger partial charge < -0.3 is 14.5 Å². The number of piperidine rings is 1. The first-order chi connectivity index (χ1) is 12.4. The molecule has 0 radical (unpaired) electrons. The number of carbonyl (C=O) groups excluding carboxylic acids is 2. The maximum absolute atomic E-state index is 12.1. The van der Waals surface area contributed by atoms with E-state index in [4.69, 9.17) is 16.3 Å². The monoisotopic (exact) mass is 378 g/mol. The summed E-state index contributed by atoms with van der Waals surface area (Å²) in [5.41, 5.74) is 0.882. The summed E-state index contributed by atoms with van der Waals surface area (Å²) in [6.07, 6.45) is 7.71. The maximum Gasteiger partial charge on any atom is 0.254 e. The molecule has 0 atom stereocenters. The second-order valence-corrected chi connectivity index (χ2v) is 8.21. The number of hydrogen-bond donors (Lipinski definition) is 0. The van der Waals surface area contributed by atoms with Crippen LogP contribution in [0, 0.1) is 5.41 Å². The zero-order chi connectivity index (χ0) is 18.7. The van der Waals surface area contributed by atoms with Crippen LogP contribution in [0.1, 0.15) is 48.9 Å². The first kappa shape index (κ1) is 19.0. The fourth-order valence-electron chi connectivity index (χ4n) is 4.10. The molecule has 2 amide bonds. The van der Waals surface area contributed by atoms with Crippen molar-refractivity contribution in [2.75, 3.05) is 27.2 Å². The van der Waals surface area contributed by atoms with Crippen LogP contribution in [0.25, 0.3) is 0 Å². The van der Waals surface area contributed by atoms with Gasteiger partial charge in [-0.1, -0.05) is 11.6 Å². The largest absolute Gasteiger partial charge is 0.490 e. The van der Waals surface area contributed by atoms with E-state index in [0.717, 1.165) is 63.8 Å². The Bertz CT molecular complexity index is 659.